The van der Waals surface area contributed by atoms with Crippen LogP contribution in [-0.4, -0.2) is 24.9 Å². The Balaban J connectivity index is 2.23. The predicted molar refractivity (Wildman–Crippen MR) is 73.1 cm³/mol. The van der Waals surface area contributed by atoms with Gasteiger partial charge in [0.2, 0.25) is 0 Å². The zero-order valence-electron chi connectivity index (χ0n) is 11.3. The Hall–Kier alpha value is -1.46. The number of hydrogen-bond donors (Lipinski definition) is 1. The third-order valence-corrected chi connectivity index (χ3v) is 3.43. The highest BCUT2D eigenvalue weighted by Gasteiger charge is 2.19. The minimum absolute atomic E-state index is 0.358. The molecule has 19 heavy (non-hydrogen) atoms. The molecule has 5 nitrogen and oxygen atoms in total. The van der Waals surface area contributed by atoms with Crippen LogP contribution in [0.2, 0.25) is 5.02 Å². The molecule has 2 aromatic heterocycles. The van der Waals surface area contributed by atoms with Crippen LogP contribution >= 0.6 is 11.6 Å². The maximum absolute atomic E-state index is 10.2. The molecule has 2 rings (SSSR count). The summed E-state index contributed by atoms with van der Waals surface area (Å²) in [5, 5.41) is 15.1. The van der Waals surface area contributed by atoms with Crippen LogP contribution < -0.4 is 0 Å². The van der Waals surface area contributed by atoms with E-state index in [1.807, 2.05) is 20.8 Å². The minimum Gasteiger partial charge on any atom is -0.385 e. The molecule has 1 atom stereocenters. The minimum atomic E-state index is -0.778. The molecule has 0 radical (unpaired) electrons. The molecule has 0 saturated carbocycles. The Bertz CT molecular complexity index is 565. The largest absolute Gasteiger partial charge is 0.385 e. The summed E-state index contributed by atoms with van der Waals surface area (Å²) < 4.78 is 1.80. The van der Waals surface area contributed by atoms with Crippen molar-refractivity contribution in [1.82, 2.24) is 19.7 Å². The number of aryl methyl sites for hydroxylation is 3. The van der Waals surface area contributed by atoms with Gasteiger partial charge in [0.1, 0.15) is 6.10 Å². The molecule has 0 spiro atoms. The fraction of sp³-hybridized carbons (Fsp3) is 0.462. The fourth-order valence-corrected chi connectivity index (χ4v) is 2.13. The number of aliphatic hydroxyl groups is 1. The van der Waals surface area contributed by atoms with Crippen molar-refractivity contribution < 1.29 is 5.11 Å². The molecular formula is C13H17ClN4O. The zero-order chi connectivity index (χ0) is 14.0. The monoisotopic (exact) mass is 280 g/mol. The lowest BCUT2D eigenvalue weighted by atomic mass is 10.1. The van der Waals surface area contributed by atoms with Crippen molar-refractivity contribution in [3.63, 3.8) is 0 Å². The highest BCUT2D eigenvalue weighted by Crippen LogP contribution is 2.24. The Morgan fingerprint density at radius 1 is 1.32 bits per heavy atom. The van der Waals surface area contributed by atoms with Crippen LogP contribution in [0, 0.1) is 13.8 Å². The van der Waals surface area contributed by atoms with Gasteiger partial charge in [-0.1, -0.05) is 11.6 Å². The molecule has 0 amide bonds. The van der Waals surface area contributed by atoms with E-state index in [1.54, 1.807) is 17.1 Å². The van der Waals surface area contributed by atoms with E-state index in [9.17, 15) is 5.11 Å². The maximum Gasteiger partial charge on any atom is 0.157 e. The molecule has 2 heterocycles. The molecule has 1 N–H and O–H groups in total. The second kappa shape index (κ2) is 5.67. The van der Waals surface area contributed by atoms with E-state index >= 15 is 0 Å². The van der Waals surface area contributed by atoms with E-state index in [0.29, 0.717) is 23.8 Å². The second-order valence-electron chi connectivity index (χ2n) is 4.50. The van der Waals surface area contributed by atoms with Crippen LogP contribution in [0.3, 0.4) is 0 Å². The quantitative estimate of drug-likeness (QED) is 0.933. The summed E-state index contributed by atoms with van der Waals surface area (Å²) in [4.78, 5) is 8.26. The summed E-state index contributed by atoms with van der Waals surface area (Å²) in [6.07, 6.45) is 2.96. The van der Waals surface area contributed by atoms with Gasteiger partial charge in [0.25, 0.3) is 0 Å². The molecule has 0 aliphatic carbocycles. The first-order chi connectivity index (χ1) is 9.02. The summed E-state index contributed by atoms with van der Waals surface area (Å²) in [6.45, 7) is 6.46. The third-order valence-electron chi connectivity index (χ3n) is 2.94. The van der Waals surface area contributed by atoms with Crippen LogP contribution in [0.15, 0.2) is 12.4 Å². The lowest BCUT2D eigenvalue weighted by Gasteiger charge is -2.11. The first-order valence-electron chi connectivity index (χ1n) is 6.21. The van der Waals surface area contributed by atoms with Crippen molar-refractivity contribution in [1.29, 1.82) is 0 Å². The Labute approximate surface area is 117 Å². The summed E-state index contributed by atoms with van der Waals surface area (Å²) in [5.41, 5.74) is 2.55. The normalized spacial score (nSPS) is 12.7. The van der Waals surface area contributed by atoms with Gasteiger partial charge in [0.05, 0.1) is 16.4 Å². The van der Waals surface area contributed by atoms with Crippen molar-refractivity contribution in [2.45, 2.75) is 39.8 Å². The van der Waals surface area contributed by atoms with Gasteiger partial charge >= 0.3 is 0 Å². The van der Waals surface area contributed by atoms with Crippen LogP contribution in [0.4, 0.5) is 0 Å². The molecule has 0 bridgehead atoms. The summed E-state index contributed by atoms with van der Waals surface area (Å²) in [6, 6.07) is 0. The van der Waals surface area contributed by atoms with Crippen molar-refractivity contribution in [3.8, 4) is 0 Å². The van der Waals surface area contributed by atoms with Crippen LogP contribution in [0.5, 0.6) is 0 Å². The molecule has 0 aromatic carbocycles. The standard InChI is InChI=1S/C13H17ClN4O/c1-4-18-10(12(14)9(3)17-18)5-11(19)13-15-6-8(2)7-16-13/h6-7,11,19H,4-5H2,1-3H3. The summed E-state index contributed by atoms with van der Waals surface area (Å²) in [5.74, 6) is 0.406. The third kappa shape index (κ3) is 2.93. The number of aliphatic hydroxyl groups excluding tert-OH is 1. The maximum atomic E-state index is 10.2. The van der Waals surface area contributed by atoms with E-state index in [4.69, 9.17) is 11.6 Å². The van der Waals surface area contributed by atoms with Crippen molar-refractivity contribution in [2.24, 2.45) is 0 Å². The first kappa shape index (κ1) is 14.0. The number of aromatic nitrogens is 4. The molecule has 0 aliphatic rings. The van der Waals surface area contributed by atoms with Crippen molar-refractivity contribution in [3.05, 3.63) is 40.2 Å². The van der Waals surface area contributed by atoms with Crippen LogP contribution in [0.1, 0.15) is 35.8 Å². The molecule has 1 unspecified atom stereocenters. The van der Waals surface area contributed by atoms with Gasteiger partial charge in [-0.3, -0.25) is 4.68 Å². The van der Waals surface area contributed by atoms with Gasteiger partial charge in [-0.2, -0.15) is 5.10 Å². The van der Waals surface area contributed by atoms with E-state index in [-0.39, 0.29) is 0 Å². The highest BCUT2D eigenvalue weighted by molar-refractivity contribution is 6.31. The van der Waals surface area contributed by atoms with Gasteiger partial charge in [0.15, 0.2) is 5.82 Å². The fourth-order valence-electron chi connectivity index (χ4n) is 1.91. The first-order valence-corrected chi connectivity index (χ1v) is 6.59. The van der Waals surface area contributed by atoms with E-state index in [1.165, 1.54) is 0 Å². The van der Waals surface area contributed by atoms with Crippen LogP contribution in [-0.2, 0) is 13.0 Å². The Morgan fingerprint density at radius 2 is 1.95 bits per heavy atom. The van der Waals surface area contributed by atoms with Gasteiger partial charge < -0.3 is 5.11 Å². The number of rotatable bonds is 4. The number of hydrogen-bond acceptors (Lipinski definition) is 4. The second-order valence-corrected chi connectivity index (χ2v) is 4.88. The summed E-state index contributed by atoms with van der Waals surface area (Å²) >= 11 is 6.21. The number of halogens is 1. The molecule has 0 saturated heterocycles. The SMILES string of the molecule is CCn1nc(C)c(Cl)c1CC(O)c1ncc(C)cn1. The van der Waals surface area contributed by atoms with E-state index in [2.05, 4.69) is 15.1 Å². The highest BCUT2D eigenvalue weighted by atomic mass is 35.5. The smallest absolute Gasteiger partial charge is 0.157 e. The Kier molecular flexibility index (Phi) is 4.17. The lowest BCUT2D eigenvalue weighted by Crippen LogP contribution is -2.11. The molecule has 6 heteroatoms. The molecule has 102 valence electrons. The van der Waals surface area contributed by atoms with E-state index < -0.39 is 6.10 Å². The summed E-state index contributed by atoms with van der Waals surface area (Å²) in [7, 11) is 0. The van der Waals surface area contributed by atoms with E-state index in [0.717, 1.165) is 17.0 Å². The zero-order valence-corrected chi connectivity index (χ0v) is 12.0. The predicted octanol–water partition coefficient (Wildman–Crippen LogP) is 2.24. The topological polar surface area (TPSA) is 63.8 Å². The average molecular weight is 281 g/mol. The number of nitrogens with zero attached hydrogens (tertiary/aromatic N) is 4. The Morgan fingerprint density at radius 3 is 2.53 bits per heavy atom. The lowest BCUT2D eigenvalue weighted by molar-refractivity contribution is 0.165. The van der Waals surface area contributed by atoms with Gasteiger partial charge in [0, 0.05) is 25.4 Å². The molecule has 2 aromatic rings. The van der Waals surface area contributed by atoms with Crippen molar-refractivity contribution in [2.75, 3.05) is 0 Å². The molecular weight excluding hydrogens is 264 g/mol. The van der Waals surface area contributed by atoms with Gasteiger partial charge in [-0.05, 0) is 26.3 Å². The molecule has 0 aliphatic heterocycles. The van der Waals surface area contributed by atoms with Crippen molar-refractivity contribution >= 4 is 11.6 Å². The molecule has 0 fully saturated rings. The average Bonchev–Trinajstić information content (AvgIpc) is 2.67. The van der Waals surface area contributed by atoms with Gasteiger partial charge in [-0.15, -0.1) is 0 Å². The van der Waals surface area contributed by atoms with Gasteiger partial charge in [-0.25, -0.2) is 9.97 Å². The van der Waals surface area contributed by atoms with Crippen LogP contribution in [0.25, 0.3) is 0 Å².